The highest BCUT2D eigenvalue weighted by molar-refractivity contribution is 5.92. The van der Waals surface area contributed by atoms with Crippen LogP contribution >= 0.6 is 0 Å². The Labute approximate surface area is 164 Å². The zero-order valence-electron chi connectivity index (χ0n) is 15.9. The lowest BCUT2D eigenvalue weighted by atomic mass is 10.0. The van der Waals surface area contributed by atoms with Crippen molar-refractivity contribution in [2.45, 2.75) is 44.3 Å². The quantitative estimate of drug-likeness (QED) is 0.788. The lowest BCUT2D eigenvalue weighted by Gasteiger charge is -2.32. The van der Waals surface area contributed by atoms with E-state index in [-0.39, 0.29) is 29.7 Å². The molecule has 0 radical (unpaired) electrons. The Morgan fingerprint density at radius 2 is 1.82 bits per heavy atom. The van der Waals surface area contributed by atoms with Crippen LogP contribution < -0.4 is 15.6 Å². The number of rotatable bonds is 7. The van der Waals surface area contributed by atoms with Gasteiger partial charge in [0.2, 0.25) is 0 Å². The highest BCUT2D eigenvalue weighted by Crippen LogP contribution is 2.29. The molecule has 1 aromatic heterocycles. The standard InChI is InChI=1S/C21H26N4O3/c26-20-9-8-19(23-25(20)14-15-28-18-4-2-1-3-5-18)21(27)22-16-10-12-24(13-11-16)17-6-7-17/h1-5,8-9,16-17H,6-7,10-15H2,(H,22,27). The summed E-state index contributed by atoms with van der Waals surface area (Å²) in [5, 5.41) is 7.29. The minimum absolute atomic E-state index is 0.172. The Bertz CT molecular complexity index is 855. The van der Waals surface area contributed by atoms with Gasteiger partial charge in [0, 0.05) is 31.2 Å². The van der Waals surface area contributed by atoms with Gasteiger partial charge in [0.15, 0.2) is 0 Å². The van der Waals surface area contributed by atoms with Crippen LogP contribution in [0.5, 0.6) is 5.75 Å². The van der Waals surface area contributed by atoms with E-state index in [2.05, 4.69) is 15.3 Å². The molecular formula is C21H26N4O3. The number of nitrogens with one attached hydrogen (secondary N) is 1. The number of carbonyl (C=O) groups excluding carboxylic acids is 1. The molecule has 28 heavy (non-hydrogen) atoms. The average Bonchev–Trinajstić information content (AvgIpc) is 3.56. The van der Waals surface area contributed by atoms with Crippen molar-refractivity contribution in [2.75, 3.05) is 19.7 Å². The van der Waals surface area contributed by atoms with Crippen LogP contribution in [0.2, 0.25) is 0 Å². The molecule has 1 aliphatic heterocycles. The SMILES string of the molecule is O=C(NC1CCN(C2CC2)CC1)c1ccc(=O)n(CCOc2ccccc2)n1. The summed E-state index contributed by atoms with van der Waals surface area (Å²) in [4.78, 5) is 27.1. The molecule has 1 saturated heterocycles. The van der Waals surface area contributed by atoms with E-state index in [1.54, 1.807) is 0 Å². The minimum atomic E-state index is -0.244. The number of piperidine rings is 1. The summed E-state index contributed by atoms with van der Waals surface area (Å²) in [6, 6.07) is 13.2. The van der Waals surface area contributed by atoms with Crippen LogP contribution in [0, 0.1) is 0 Å². The molecule has 2 fully saturated rings. The summed E-state index contributed by atoms with van der Waals surface area (Å²) in [7, 11) is 0. The summed E-state index contributed by atoms with van der Waals surface area (Å²) in [6.45, 7) is 2.68. The van der Waals surface area contributed by atoms with Crippen molar-refractivity contribution in [3.05, 3.63) is 58.5 Å². The van der Waals surface area contributed by atoms with Gasteiger partial charge in [0.05, 0.1) is 6.54 Å². The number of nitrogens with zero attached hydrogens (tertiary/aromatic N) is 3. The van der Waals surface area contributed by atoms with Crippen LogP contribution in [0.4, 0.5) is 0 Å². The van der Waals surface area contributed by atoms with Gasteiger partial charge in [0.1, 0.15) is 18.1 Å². The fourth-order valence-electron chi connectivity index (χ4n) is 3.60. The predicted octanol–water partition coefficient (Wildman–Crippen LogP) is 1.68. The maximum absolute atomic E-state index is 12.6. The number of aromatic nitrogens is 2. The van der Waals surface area contributed by atoms with Gasteiger partial charge in [0.25, 0.3) is 11.5 Å². The summed E-state index contributed by atoms with van der Waals surface area (Å²) in [6.07, 6.45) is 4.56. The molecule has 1 aromatic carbocycles. The van der Waals surface area contributed by atoms with E-state index in [9.17, 15) is 9.59 Å². The number of amides is 1. The molecular weight excluding hydrogens is 356 g/mol. The molecule has 7 heteroatoms. The van der Waals surface area contributed by atoms with E-state index < -0.39 is 0 Å². The molecule has 1 amide bonds. The molecule has 2 heterocycles. The highest BCUT2D eigenvalue weighted by Gasteiger charge is 2.32. The molecule has 4 rings (SSSR count). The molecule has 0 bridgehead atoms. The first-order chi connectivity index (χ1) is 13.7. The summed E-state index contributed by atoms with van der Waals surface area (Å²) >= 11 is 0. The Morgan fingerprint density at radius 3 is 2.54 bits per heavy atom. The van der Waals surface area contributed by atoms with E-state index in [0.717, 1.165) is 37.7 Å². The molecule has 0 atom stereocenters. The van der Waals surface area contributed by atoms with Crippen LogP contribution in [0.3, 0.4) is 0 Å². The summed E-state index contributed by atoms with van der Waals surface area (Å²) in [5.41, 5.74) is 0.0230. The van der Waals surface area contributed by atoms with Gasteiger partial charge in [-0.05, 0) is 43.9 Å². The third-order valence-corrected chi connectivity index (χ3v) is 5.34. The fraction of sp³-hybridized carbons (Fsp3) is 0.476. The Kier molecular flexibility index (Phi) is 5.71. The van der Waals surface area contributed by atoms with E-state index >= 15 is 0 Å². The molecule has 2 aromatic rings. The van der Waals surface area contributed by atoms with Crippen molar-refractivity contribution < 1.29 is 9.53 Å². The van der Waals surface area contributed by atoms with Gasteiger partial charge >= 0.3 is 0 Å². The van der Waals surface area contributed by atoms with E-state index in [0.29, 0.717) is 6.61 Å². The molecule has 148 valence electrons. The lowest BCUT2D eigenvalue weighted by molar-refractivity contribution is 0.0901. The molecule has 0 spiro atoms. The maximum Gasteiger partial charge on any atom is 0.271 e. The van der Waals surface area contributed by atoms with E-state index in [1.807, 2.05) is 30.3 Å². The molecule has 2 aliphatic rings. The molecule has 7 nitrogen and oxygen atoms in total. The van der Waals surface area contributed by atoms with Crippen LogP contribution in [-0.4, -0.2) is 52.4 Å². The Hall–Kier alpha value is -2.67. The molecule has 1 aliphatic carbocycles. The number of hydrogen-bond donors (Lipinski definition) is 1. The smallest absolute Gasteiger partial charge is 0.271 e. The molecule has 0 unspecified atom stereocenters. The first-order valence-electron chi connectivity index (χ1n) is 10.00. The van der Waals surface area contributed by atoms with Gasteiger partial charge < -0.3 is 15.0 Å². The van der Waals surface area contributed by atoms with Crippen LogP contribution in [-0.2, 0) is 6.54 Å². The number of likely N-dealkylation sites (tertiary alicyclic amines) is 1. The molecule has 1 N–H and O–H groups in total. The highest BCUT2D eigenvalue weighted by atomic mass is 16.5. The third-order valence-electron chi connectivity index (χ3n) is 5.34. The zero-order chi connectivity index (χ0) is 19.3. The van der Waals surface area contributed by atoms with Gasteiger partial charge in [-0.2, -0.15) is 5.10 Å². The monoisotopic (exact) mass is 382 g/mol. The van der Waals surface area contributed by atoms with E-state index in [1.165, 1.54) is 29.7 Å². The van der Waals surface area contributed by atoms with Crippen molar-refractivity contribution in [2.24, 2.45) is 0 Å². The van der Waals surface area contributed by atoms with E-state index in [4.69, 9.17) is 4.74 Å². The lowest BCUT2D eigenvalue weighted by Crippen LogP contribution is -2.45. The number of carbonyl (C=O) groups is 1. The summed E-state index contributed by atoms with van der Waals surface area (Å²) in [5.74, 6) is 0.518. The Balaban J connectivity index is 1.30. The largest absolute Gasteiger partial charge is 0.492 e. The van der Waals surface area contributed by atoms with Gasteiger partial charge in [-0.1, -0.05) is 18.2 Å². The van der Waals surface area contributed by atoms with Crippen molar-refractivity contribution in [3.8, 4) is 5.75 Å². The number of para-hydroxylation sites is 1. The second kappa shape index (κ2) is 8.56. The van der Waals surface area contributed by atoms with Gasteiger partial charge in [-0.15, -0.1) is 0 Å². The average molecular weight is 382 g/mol. The minimum Gasteiger partial charge on any atom is -0.492 e. The van der Waals surface area contributed by atoms with Crippen molar-refractivity contribution in [1.29, 1.82) is 0 Å². The fourth-order valence-corrected chi connectivity index (χ4v) is 3.60. The first kappa shape index (κ1) is 18.7. The normalized spacial score (nSPS) is 18.0. The van der Waals surface area contributed by atoms with Crippen molar-refractivity contribution in [3.63, 3.8) is 0 Å². The number of ether oxygens (including phenoxy) is 1. The zero-order valence-corrected chi connectivity index (χ0v) is 15.9. The second-order valence-corrected chi connectivity index (χ2v) is 7.46. The van der Waals surface area contributed by atoms with Crippen molar-refractivity contribution in [1.82, 2.24) is 20.0 Å². The topological polar surface area (TPSA) is 76.5 Å². The van der Waals surface area contributed by atoms with Gasteiger partial charge in [-0.25, -0.2) is 4.68 Å². The van der Waals surface area contributed by atoms with Gasteiger partial charge in [-0.3, -0.25) is 9.59 Å². The maximum atomic E-state index is 12.6. The third kappa shape index (κ3) is 4.78. The second-order valence-electron chi connectivity index (χ2n) is 7.46. The predicted molar refractivity (Wildman–Crippen MR) is 106 cm³/mol. The van der Waals surface area contributed by atoms with Crippen molar-refractivity contribution >= 4 is 5.91 Å². The molecule has 1 saturated carbocycles. The van der Waals surface area contributed by atoms with Crippen LogP contribution in [0.25, 0.3) is 0 Å². The van der Waals surface area contributed by atoms with Crippen LogP contribution in [0.15, 0.2) is 47.3 Å². The summed E-state index contributed by atoms with van der Waals surface area (Å²) < 4.78 is 6.90. The van der Waals surface area contributed by atoms with Crippen LogP contribution in [0.1, 0.15) is 36.2 Å². The number of benzene rings is 1. The first-order valence-corrected chi connectivity index (χ1v) is 10.00. The number of hydrogen-bond acceptors (Lipinski definition) is 5. The Morgan fingerprint density at radius 1 is 1.07 bits per heavy atom.